The third-order valence-electron chi connectivity index (χ3n) is 4.89. The molecule has 3 heterocycles. The summed E-state index contributed by atoms with van der Waals surface area (Å²) in [7, 11) is 0. The Hall–Kier alpha value is -2.05. The number of carbonyl (C=O) groups is 2. The first-order valence-corrected chi connectivity index (χ1v) is 7.07. The lowest BCUT2D eigenvalue weighted by atomic mass is 9.73. The molecule has 3 aliphatic rings. The molecule has 4 atom stereocenters. The van der Waals surface area contributed by atoms with Crippen molar-refractivity contribution in [1.82, 2.24) is 0 Å². The van der Waals surface area contributed by atoms with Gasteiger partial charge >= 0.3 is 0 Å². The number of fused-ring (bicyclic) bond motifs is 5. The minimum atomic E-state index is -1.14. The van der Waals surface area contributed by atoms with Gasteiger partial charge in [0.1, 0.15) is 11.4 Å². The van der Waals surface area contributed by atoms with Crippen LogP contribution in [0.4, 0.5) is 10.1 Å². The molecule has 22 heavy (non-hydrogen) atoms. The molecule has 2 saturated heterocycles. The Morgan fingerprint density at radius 1 is 1.18 bits per heavy atom. The zero-order valence-corrected chi connectivity index (χ0v) is 11.8. The van der Waals surface area contributed by atoms with E-state index in [-0.39, 0.29) is 12.5 Å². The van der Waals surface area contributed by atoms with Gasteiger partial charge in [0.2, 0.25) is 11.8 Å². The van der Waals surface area contributed by atoms with Gasteiger partial charge in [0.25, 0.3) is 0 Å². The van der Waals surface area contributed by atoms with E-state index in [4.69, 9.17) is 4.74 Å². The Bertz CT molecular complexity index is 715. The molecule has 1 aromatic carbocycles. The molecule has 1 aromatic rings. The van der Waals surface area contributed by atoms with Crippen LogP contribution in [-0.4, -0.2) is 34.7 Å². The summed E-state index contributed by atoms with van der Waals surface area (Å²) >= 11 is 0. The Balaban J connectivity index is 1.80. The van der Waals surface area contributed by atoms with Gasteiger partial charge in [0, 0.05) is 0 Å². The van der Waals surface area contributed by atoms with Crippen LogP contribution >= 0.6 is 0 Å². The molecular formula is C16H14FNO4. The van der Waals surface area contributed by atoms with Gasteiger partial charge in [-0.15, -0.1) is 0 Å². The monoisotopic (exact) mass is 303 g/mol. The van der Waals surface area contributed by atoms with Crippen LogP contribution in [0.15, 0.2) is 36.4 Å². The highest BCUT2D eigenvalue weighted by Crippen LogP contribution is 2.57. The third kappa shape index (κ3) is 1.43. The molecule has 0 unspecified atom stereocenters. The van der Waals surface area contributed by atoms with Gasteiger partial charge < -0.3 is 9.84 Å². The molecule has 0 aliphatic carbocycles. The number of imide groups is 1. The van der Waals surface area contributed by atoms with Crippen LogP contribution in [0.2, 0.25) is 0 Å². The van der Waals surface area contributed by atoms with Gasteiger partial charge in [-0.1, -0.05) is 12.2 Å². The number of hydrogen-bond donors (Lipinski definition) is 1. The van der Waals surface area contributed by atoms with Gasteiger partial charge in [-0.05, 0) is 31.2 Å². The quantitative estimate of drug-likeness (QED) is 0.654. The van der Waals surface area contributed by atoms with E-state index in [0.29, 0.717) is 5.69 Å². The van der Waals surface area contributed by atoms with Gasteiger partial charge in [-0.3, -0.25) is 9.59 Å². The van der Waals surface area contributed by atoms with Crippen LogP contribution in [-0.2, 0) is 14.3 Å². The standard InChI is InChI=1S/C16H14FNO4/c1-15-6-7-16(8-19,22-15)12-11(15)13(20)18(14(12)21)10-4-2-9(17)3-5-10/h2-7,11-12,19H,8H2,1H3/t11-,12+,15+,16-/m1/s1. The largest absolute Gasteiger partial charge is 0.393 e. The predicted molar refractivity (Wildman–Crippen MR) is 74.3 cm³/mol. The Morgan fingerprint density at radius 3 is 2.45 bits per heavy atom. The minimum Gasteiger partial charge on any atom is -0.393 e. The maximum absolute atomic E-state index is 13.1. The molecule has 4 rings (SSSR count). The highest BCUT2D eigenvalue weighted by atomic mass is 19.1. The smallest absolute Gasteiger partial charge is 0.241 e. The molecule has 0 aromatic heterocycles. The molecule has 2 bridgehead atoms. The average Bonchev–Trinajstić information content (AvgIpc) is 3.07. The van der Waals surface area contributed by atoms with Crippen molar-refractivity contribution < 1.29 is 23.8 Å². The van der Waals surface area contributed by atoms with E-state index in [0.717, 1.165) is 4.90 Å². The zero-order valence-electron chi connectivity index (χ0n) is 11.8. The maximum Gasteiger partial charge on any atom is 0.241 e. The molecule has 3 aliphatic heterocycles. The molecule has 0 radical (unpaired) electrons. The number of nitrogens with zero attached hydrogens (tertiary/aromatic N) is 1. The van der Waals surface area contributed by atoms with Gasteiger partial charge in [0.05, 0.1) is 29.7 Å². The van der Waals surface area contributed by atoms with E-state index in [2.05, 4.69) is 0 Å². The van der Waals surface area contributed by atoms with E-state index in [1.165, 1.54) is 24.3 Å². The van der Waals surface area contributed by atoms with Gasteiger partial charge in [-0.25, -0.2) is 9.29 Å². The first-order chi connectivity index (χ1) is 10.4. The second-order valence-corrected chi connectivity index (χ2v) is 6.18. The van der Waals surface area contributed by atoms with Crippen molar-refractivity contribution in [1.29, 1.82) is 0 Å². The Morgan fingerprint density at radius 2 is 1.82 bits per heavy atom. The fraction of sp³-hybridized carbons (Fsp3) is 0.375. The van der Waals surface area contributed by atoms with Crippen LogP contribution in [0.1, 0.15) is 6.92 Å². The number of carbonyl (C=O) groups excluding carboxylic acids is 2. The Kier molecular flexibility index (Phi) is 2.49. The SMILES string of the molecule is C[C@@]12C=C[C@](CO)(O1)[C@@H]1C(=O)N(c3ccc(F)cc3)C(=O)[C@@H]12. The molecule has 114 valence electrons. The minimum absolute atomic E-state index is 0.335. The molecule has 1 N–H and O–H groups in total. The van der Waals surface area contributed by atoms with Crippen LogP contribution in [0, 0.1) is 17.7 Å². The van der Waals surface area contributed by atoms with E-state index in [1.807, 2.05) is 0 Å². The number of benzene rings is 1. The van der Waals surface area contributed by atoms with Crippen molar-refractivity contribution in [2.24, 2.45) is 11.8 Å². The van der Waals surface area contributed by atoms with Crippen LogP contribution in [0.5, 0.6) is 0 Å². The van der Waals surface area contributed by atoms with Gasteiger partial charge in [0.15, 0.2) is 0 Å². The van der Waals surface area contributed by atoms with Crippen molar-refractivity contribution in [3.63, 3.8) is 0 Å². The summed E-state index contributed by atoms with van der Waals surface area (Å²) < 4.78 is 18.9. The normalized spacial score (nSPS) is 39.0. The molecule has 6 heteroatoms. The van der Waals surface area contributed by atoms with E-state index < -0.39 is 34.8 Å². The first-order valence-electron chi connectivity index (χ1n) is 7.07. The fourth-order valence-corrected chi connectivity index (χ4v) is 3.89. The van der Waals surface area contributed by atoms with Crippen LogP contribution < -0.4 is 4.90 Å². The van der Waals surface area contributed by atoms with Crippen molar-refractivity contribution >= 4 is 17.5 Å². The fourth-order valence-electron chi connectivity index (χ4n) is 3.89. The predicted octanol–water partition coefficient (Wildman–Crippen LogP) is 1.02. The number of aliphatic hydroxyl groups excluding tert-OH is 1. The number of amides is 2. The highest BCUT2D eigenvalue weighted by molar-refractivity contribution is 6.23. The number of ether oxygens (including phenoxy) is 1. The van der Waals surface area contributed by atoms with Crippen molar-refractivity contribution in [3.05, 3.63) is 42.2 Å². The maximum atomic E-state index is 13.1. The lowest BCUT2D eigenvalue weighted by molar-refractivity contribution is -0.131. The molecule has 5 nitrogen and oxygen atoms in total. The van der Waals surface area contributed by atoms with Crippen LogP contribution in [0.25, 0.3) is 0 Å². The highest BCUT2D eigenvalue weighted by Gasteiger charge is 2.72. The summed E-state index contributed by atoms with van der Waals surface area (Å²) in [5.41, 5.74) is -1.70. The summed E-state index contributed by atoms with van der Waals surface area (Å²) in [6.45, 7) is 1.38. The topological polar surface area (TPSA) is 66.8 Å². The number of aliphatic hydroxyl groups is 1. The van der Waals surface area contributed by atoms with E-state index in [1.54, 1.807) is 19.1 Å². The van der Waals surface area contributed by atoms with Crippen molar-refractivity contribution in [3.8, 4) is 0 Å². The molecular weight excluding hydrogens is 289 g/mol. The van der Waals surface area contributed by atoms with E-state index >= 15 is 0 Å². The second kappa shape index (κ2) is 4.02. The summed E-state index contributed by atoms with van der Waals surface area (Å²) in [5, 5.41) is 9.69. The number of anilines is 1. The molecule has 2 amide bonds. The summed E-state index contributed by atoms with van der Waals surface area (Å²) in [6, 6.07) is 5.21. The Labute approximate surface area is 126 Å². The molecule has 0 saturated carbocycles. The lowest BCUT2D eigenvalue weighted by Crippen LogP contribution is -2.43. The molecule has 0 spiro atoms. The van der Waals surface area contributed by atoms with Crippen molar-refractivity contribution in [2.75, 3.05) is 11.5 Å². The number of halogens is 1. The summed E-state index contributed by atoms with van der Waals surface area (Å²) in [6.07, 6.45) is 3.41. The zero-order chi connectivity index (χ0) is 15.7. The number of hydrogen-bond acceptors (Lipinski definition) is 4. The summed E-state index contributed by atoms with van der Waals surface area (Å²) in [5.74, 6) is -2.63. The summed E-state index contributed by atoms with van der Waals surface area (Å²) in [4.78, 5) is 26.6. The van der Waals surface area contributed by atoms with Crippen LogP contribution in [0.3, 0.4) is 0 Å². The lowest BCUT2D eigenvalue weighted by Gasteiger charge is -2.26. The second-order valence-electron chi connectivity index (χ2n) is 6.18. The molecule has 2 fully saturated rings. The average molecular weight is 303 g/mol. The van der Waals surface area contributed by atoms with E-state index in [9.17, 15) is 19.1 Å². The first kappa shape index (κ1) is 13.6. The number of rotatable bonds is 2. The van der Waals surface area contributed by atoms with Gasteiger partial charge in [-0.2, -0.15) is 0 Å². The third-order valence-corrected chi connectivity index (χ3v) is 4.89. The van der Waals surface area contributed by atoms with Crippen molar-refractivity contribution in [2.45, 2.75) is 18.1 Å².